The molecule has 0 radical (unpaired) electrons. The van der Waals surface area contributed by atoms with Crippen LogP contribution >= 0.6 is 35.3 Å². The van der Waals surface area contributed by atoms with Crippen molar-refractivity contribution in [3.63, 3.8) is 0 Å². The summed E-state index contributed by atoms with van der Waals surface area (Å²) in [4.78, 5) is 21.8. The number of hydrogen-bond acceptors (Lipinski definition) is 6. The van der Waals surface area contributed by atoms with Crippen LogP contribution in [0.1, 0.15) is 5.56 Å². The van der Waals surface area contributed by atoms with Crippen LogP contribution in [0.3, 0.4) is 0 Å². The molecule has 5 nitrogen and oxygen atoms in total. The van der Waals surface area contributed by atoms with E-state index in [9.17, 15) is 14.9 Å². The van der Waals surface area contributed by atoms with E-state index < -0.39 is 4.92 Å². The van der Waals surface area contributed by atoms with Crippen molar-refractivity contribution in [2.75, 3.05) is 0 Å². The maximum atomic E-state index is 11.3. The van der Waals surface area contributed by atoms with E-state index in [1.165, 1.54) is 6.07 Å². The SMILES string of the molecule is O=C1NC(=S)S/C1=C\c1csc([N+](=O)[O-])c1. The quantitative estimate of drug-likeness (QED) is 0.386. The number of carbonyl (C=O) groups is 1. The highest BCUT2D eigenvalue weighted by molar-refractivity contribution is 8.26. The zero-order valence-electron chi connectivity index (χ0n) is 7.63. The molecule has 1 N–H and O–H groups in total. The van der Waals surface area contributed by atoms with Gasteiger partial charge in [-0.05, 0) is 11.6 Å². The van der Waals surface area contributed by atoms with Crippen molar-refractivity contribution in [1.29, 1.82) is 0 Å². The summed E-state index contributed by atoms with van der Waals surface area (Å²) in [6, 6.07) is 1.42. The maximum absolute atomic E-state index is 11.3. The van der Waals surface area contributed by atoms with Gasteiger partial charge in [0.2, 0.25) is 0 Å². The van der Waals surface area contributed by atoms with Crippen LogP contribution in [-0.2, 0) is 4.79 Å². The van der Waals surface area contributed by atoms with Gasteiger partial charge >= 0.3 is 5.00 Å². The van der Waals surface area contributed by atoms with E-state index in [2.05, 4.69) is 5.32 Å². The molecule has 2 heterocycles. The molecule has 1 aromatic heterocycles. The summed E-state index contributed by atoms with van der Waals surface area (Å²) < 4.78 is 0.404. The zero-order valence-corrected chi connectivity index (χ0v) is 10.1. The van der Waals surface area contributed by atoms with Gasteiger partial charge in [0.25, 0.3) is 5.91 Å². The second kappa shape index (κ2) is 4.32. The Morgan fingerprint density at radius 1 is 1.56 bits per heavy atom. The minimum absolute atomic E-state index is 0.0535. The highest BCUT2D eigenvalue weighted by Gasteiger charge is 2.22. The Labute approximate surface area is 104 Å². The lowest BCUT2D eigenvalue weighted by molar-refractivity contribution is -0.380. The summed E-state index contributed by atoms with van der Waals surface area (Å²) in [5.74, 6) is -0.260. The van der Waals surface area contributed by atoms with Crippen LogP contribution in [-0.4, -0.2) is 15.2 Å². The third-order valence-electron chi connectivity index (χ3n) is 1.73. The Morgan fingerprint density at radius 3 is 2.81 bits per heavy atom. The van der Waals surface area contributed by atoms with Gasteiger partial charge in [0, 0.05) is 11.4 Å². The summed E-state index contributed by atoms with van der Waals surface area (Å²) in [5, 5.41) is 14.6. The Balaban J connectivity index is 2.26. The number of thiophene rings is 1. The largest absolute Gasteiger partial charge is 0.324 e. The minimum Gasteiger partial charge on any atom is -0.307 e. The Hall–Kier alpha value is -1.25. The normalized spacial score (nSPS) is 17.9. The molecule has 1 aromatic rings. The number of nitrogens with zero attached hydrogens (tertiary/aromatic N) is 1. The molecule has 82 valence electrons. The number of carbonyl (C=O) groups excluding carboxylic acids is 1. The molecule has 1 saturated heterocycles. The van der Waals surface area contributed by atoms with E-state index in [-0.39, 0.29) is 10.9 Å². The maximum Gasteiger partial charge on any atom is 0.324 e. The van der Waals surface area contributed by atoms with Crippen LogP contribution < -0.4 is 5.32 Å². The molecule has 16 heavy (non-hydrogen) atoms. The fourth-order valence-electron chi connectivity index (χ4n) is 1.08. The molecule has 0 aromatic carbocycles. The Kier molecular flexibility index (Phi) is 3.03. The van der Waals surface area contributed by atoms with E-state index in [1.54, 1.807) is 11.5 Å². The highest BCUT2D eigenvalue weighted by atomic mass is 32.2. The van der Waals surface area contributed by atoms with Crippen molar-refractivity contribution in [2.45, 2.75) is 0 Å². The van der Waals surface area contributed by atoms with Crippen LogP contribution in [0.4, 0.5) is 5.00 Å². The van der Waals surface area contributed by atoms with E-state index in [1.807, 2.05) is 0 Å². The lowest BCUT2D eigenvalue weighted by Gasteiger charge is -1.88. The van der Waals surface area contributed by atoms with Crippen molar-refractivity contribution in [1.82, 2.24) is 5.32 Å². The lowest BCUT2D eigenvalue weighted by Crippen LogP contribution is -2.17. The number of amides is 1. The first kappa shape index (κ1) is 11.2. The second-order valence-corrected chi connectivity index (χ2v) is 5.44. The zero-order chi connectivity index (χ0) is 11.7. The van der Waals surface area contributed by atoms with Crippen LogP contribution in [0, 0.1) is 10.1 Å². The average molecular weight is 272 g/mol. The number of nitro groups is 1. The van der Waals surface area contributed by atoms with Gasteiger partial charge in [0.15, 0.2) is 0 Å². The Morgan fingerprint density at radius 2 is 2.31 bits per heavy atom. The molecule has 0 atom stereocenters. The molecule has 8 heteroatoms. The molecule has 0 unspecified atom stereocenters. The number of thioether (sulfide) groups is 1. The van der Waals surface area contributed by atoms with Gasteiger partial charge < -0.3 is 5.32 Å². The summed E-state index contributed by atoms with van der Waals surface area (Å²) in [6.45, 7) is 0. The van der Waals surface area contributed by atoms with E-state index in [4.69, 9.17) is 12.2 Å². The molecular weight excluding hydrogens is 268 g/mol. The summed E-state index contributed by atoms with van der Waals surface area (Å²) >= 11 is 7.00. The molecule has 1 aliphatic heterocycles. The molecule has 0 aliphatic carbocycles. The molecule has 2 rings (SSSR count). The van der Waals surface area contributed by atoms with Gasteiger partial charge in [0.05, 0.1) is 9.83 Å². The smallest absolute Gasteiger partial charge is 0.307 e. The number of nitrogens with one attached hydrogen (secondary N) is 1. The van der Waals surface area contributed by atoms with Gasteiger partial charge in [-0.3, -0.25) is 14.9 Å². The van der Waals surface area contributed by atoms with Crippen LogP contribution in [0.2, 0.25) is 0 Å². The minimum atomic E-state index is -0.459. The fraction of sp³-hybridized carbons (Fsp3) is 0. The predicted octanol–water partition coefficient (Wildman–Crippen LogP) is 2.15. The monoisotopic (exact) mass is 272 g/mol. The molecule has 1 fully saturated rings. The first-order valence-corrected chi connectivity index (χ1v) is 6.14. The first-order valence-electron chi connectivity index (χ1n) is 4.04. The molecule has 1 amide bonds. The summed E-state index contributed by atoms with van der Waals surface area (Å²) in [5.41, 5.74) is 0.638. The highest BCUT2D eigenvalue weighted by Crippen LogP contribution is 2.29. The second-order valence-electron chi connectivity index (χ2n) is 2.83. The number of hydrogen-bond donors (Lipinski definition) is 1. The number of thiocarbonyl (C=S) groups is 1. The first-order chi connectivity index (χ1) is 7.56. The van der Waals surface area contributed by atoms with Gasteiger partial charge in [-0.25, -0.2) is 0 Å². The van der Waals surface area contributed by atoms with E-state index >= 15 is 0 Å². The van der Waals surface area contributed by atoms with E-state index in [0.717, 1.165) is 23.1 Å². The van der Waals surface area contributed by atoms with Gasteiger partial charge in [-0.15, -0.1) is 0 Å². The third-order valence-corrected chi connectivity index (χ3v) is 3.79. The van der Waals surface area contributed by atoms with Gasteiger partial charge in [0.1, 0.15) is 4.32 Å². The average Bonchev–Trinajstić information content (AvgIpc) is 2.75. The topological polar surface area (TPSA) is 72.2 Å². The fourth-order valence-corrected chi connectivity index (χ4v) is 2.81. The van der Waals surface area contributed by atoms with Crippen molar-refractivity contribution in [3.8, 4) is 0 Å². The number of rotatable bonds is 2. The van der Waals surface area contributed by atoms with Crippen LogP contribution in [0.5, 0.6) is 0 Å². The van der Waals surface area contributed by atoms with Crippen LogP contribution in [0.25, 0.3) is 6.08 Å². The van der Waals surface area contributed by atoms with Crippen molar-refractivity contribution in [2.24, 2.45) is 0 Å². The van der Waals surface area contributed by atoms with Crippen molar-refractivity contribution < 1.29 is 9.72 Å². The van der Waals surface area contributed by atoms with Gasteiger partial charge in [-0.2, -0.15) is 0 Å². The molecule has 0 saturated carbocycles. The molecule has 1 aliphatic rings. The van der Waals surface area contributed by atoms with Gasteiger partial charge in [-0.1, -0.05) is 35.3 Å². The molecule has 0 bridgehead atoms. The van der Waals surface area contributed by atoms with Crippen LogP contribution in [0.15, 0.2) is 16.4 Å². The molecule has 0 spiro atoms. The lowest BCUT2D eigenvalue weighted by atomic mass is 10.3. The predicted molar refractivity (Wildman–Crippen MR) is 67.3 cm³/mol. The summed E-state index contributed by atoms with van der Waals surface area (Å²) in [6.07, 6.45) is 1.59. The molecular formula is C8H4N2O3S3. The Bertz CT molecular complexity index is 520. The van der Waals surface area contributed by atoms with Crippen molar-refractivity contribution in [3.05, 3.63) is 32.0 Å². The third kappa shape index (κ3) is 2.29. The standard InChI is InChI=1S/C8H4N2O3S3/c11-7-5(16-8(14)9-7)1-4-2-6(10(12)13)15-3-4/h1-3H,(H,9,11,14)/b5-1-. The van der Waals surface area contributed by atoms with Crippen molar-refractivity contribution >= 4 is 56.6 Å². The van der Waals surface area contributed by atoms with E-state index in [0.29, 0.717) is 14.8 Å². The summed E-state index contributed by atoms with van der Waals surface area (Å²) in [7, 11) is 0.